The number of rotatable bonds is 6. The van der Waals surface area contributed by atoms with Gasteiger partial charge < -0.3 is 10.2 Å². The Balaban J connectivity index is 1.24. The van der Waals surface area contributed by atoms with Crippen molar-refractivity contribution in [1.29, 1.82) is 0 Å². The Kier molecular flexibility index (Phi) is 6.23. The largest absolute Gasteiger partial charge is 0.326 e. The lowest BCUT2D eigenvalue weighted by Crippen LogP contribution is -2.46. The number of carbonyl (C=O) groups is 1. The van der Waals surface area contributed by atoms with Crippen LogP contribution in [0.2, 0.25) is 0 Å². The van der Waals surface area contributed by atoms with E-state index in [9.17, 15) is 4.79 Å². The number of fused-ring (bicyclic) bond motifs is 1. The molecule has 1 fully saturated rings. The molecule has 4 heteroatoms. The molecule has 3 aromatic rings. The van der Waals surface area contributed by atoms with Crippen LogP contribution in [0.1, 0.15) is 17.5 Å². The first-order valence-electron chi connectivity index (χ1n) is 10.5. The zero-order valence-electron chi connectivity index (χ0n) is 17.1. The van der Waals surface area contributed by atoms with E-state index in [4.69, 9.17) is 0 Å². The molecular formula is C25H29N3O. The van der Waals surface area contributed by atoms with Gasteiger partial charge in [-0.05, 0) is 41.0 Å². The van der Waals surface area contributed by atoms with Crippen molar-refractivity contribution in [2.75, 3.05) is 38.0 Å². The van der Waals surface area contributed by atoms with E-state index >= 15 is 0 Å². The lowest BCUT2D eigenvalue weighted by atomic mass is 10.0. The van der Waals surface area contributed by atoms with Gasteiger partial charge >= 0.3 is 0 Å². The SMILES string of the molecule is Cc1cccc(NC(=O)CCN2CCN(Cc3cccc4ccccc34)CC2)c1. The van der Waals surface area contributed by atoms with Crippen LogP contribution in [0.25, 0.3) is 10.8 Å². The summed E-state index contributed by atoms with van der Waals surface area (Å²) in [5.41, 5.74) is 3.44. The van der Waals surface area contributed by atoms with Crippen LogP contribution in [0.3, 0.4) is 0 Å². The summed E-state index contributed by atoms with van der Waals surface area (Å²) in [5, 5.41) is 5.67. The van der Waals surface area contributed by atoms with Crippen LogP contribution in [0.15, 0.2) is 66.7 Å². The van der Waals surface area contributed by atoms with E-state index in [1.165, 1.54) is 16.3 Å². The van der Waals surface area contributed by atoms with Crippen LogP contribution in [0, 0.1) is 6.92 Å². The summed E-state index contributed by atoms with van der Waals surface area (Å²) < 4.78 is 0. The fraction of sp³-hybridized carbons (Fsp3) is 0.320. The molecule has 1 heterocycles. The molecule has 1 amide bonds. The van der Waals surface area contributed by atoms with E-state index in [-0.39, 0.29) is 5.91 Å². The summed E-state index contributed by atoms with van der Waals surface area (Å²) in [4.78, 5) is 17.2. The van der Waals surface area contributed by atoms with Gasteiger partial charge in [-0.3, -0.25) is 9.69 Å². The van der Waals surface area contributed by atoms with E-state index in [1.807, 2.05) is 31.2 Å². The Hall–Kier alpha value is -2.69. The van der Waals surface area contributed by atoms with Crippen LogP contribution in [-0.2, 0) is 11.3 Å². The molecule has 0 spiro atoms. The predicted octanol–water partition coefficient (Wildman–Crippen LogP) is 4.29. The number of nitrogens with zero attached hydrogens (tertiary/aromatic N) is 2. The molecule has 150 valence electrons. The Morgan fingerprint density at radius 2 is 1.62 bits per heavy atom. The van der Waals surface area contributed by atoms with Crippen molar-refractivity contribution < 1.29 is 4.79 Å². The predicted molar refractivity (Wildman–Crippen MR) is 120 cm³/mol. The lowest BCUT2D eigenvalue weighted by Gasteiger charge is -2.34. The molecule has 3 aromatic carbocycles. The van der Waals surface area contributed by atoms with Gasteiger partial charge in [0.2, 0.25) is 5.91 Å². The van der Waals surface area contributed by atoms with Crippen LogP contribution in [0.4, 0.5) is 5.69 Å². The molecule has 4 rings (SSSR count). The zero-order chi connectivity index (χ0) is 20.1. The Bertz CT molecular complexity index is 971. The molecule has 1 N–H and O–H groups in total. The number of hydrogen-bond donors (Lipinski definition) is 1. The molecule has 0 aromatic heterocycles. The quantitative estimate of drug-likeness (QED) is 0.685. The molecule has 1 aliphatic heterocycles. The molecule has 0 saturated carbocycles. The smallest absolute Gasteiger partial charge is 0.225 e. The highest BCUT2D eigenvalue weighted by Gasteiger charge is 2.18. The standard InChI is InChI=1S/C25H29N3O/c1-20-6-4-10-23(18-20)26-25(29)12-13-27-14-16-28(17-15-27)19-22-9-5-8-21-7-2-3-11-24(21)22/h2-11,18H,12-17,19H2,1H3,(H,26,29). The summed E-state index contributed by atoms with van der Waals surface area (Å²) in [7, 11) is 0. The number of piperazine rings is 1. The fourth-order valence-corrected chi connectivity index (χ4v) is 4.05. The first kappa shape index (κ1) is 19.6. The number of aryl methyl sites for hydroxylation is 1. The monoisotopic (exact) mass is 387 g/mol. The van der Waals surface area contributed by atoms with Gasteiger partial charge in [-0.15, -0.1) is 0 Å². The van der Waals surface area contributed by atoms with Crippen LogP contribution in [-0.4, -0.2) is 48.4 Å². The van der Waals surface area contributed by atoms with Gasteiger partial charge in [0, 0.05) is 51.4 Å². The van der Waals surface area contributed by atoms with Gasteiger partial charge in [-0.25, -0.2) is 0 Å². The highest BCUT2D eigenvalue weighted by atomic mass is 16.1. The highest BCUT2D eigenvalue weighted by molar-refractivity contribution is 5.90. The normalized spacial score (nSPS) is 15.5. The van der Waals surface area contributed by atoms with E-state index in [1.54, 1.807) is 0 Å². The third kappa shape index (κ3) is 5.22. The van der Waals surface area contributed by atoms with Crippen molar-refractivity contribution in [2.24, 2.45) is 0 Å². The van der Waals surface area contributed by atoms with E-state index in [0.717, 1.165) is 50.5 Å². The minimum Gasteiger partial charge on any atom is -0.326 e. The van der Waals surface area contributed by atoms with Gasteiger partial charge in [0.1, 0.15) is 0 Å². The Morgan fingerprint density at radius 1 is 0.897 bits per heavy atom. The van der Waals surface area contributed by atoms with Gasteiger partial charge in [0.25, 0.3) is 0 Å². The molecule has 0 radical (unpaired) electrons. The number of hydrogen-bond acceptors (Lipinski definition) is 3. The van der Waals surface area contributed by atoms with Crippen molar-refractivity contribution in [3.05, 3.63) is 77.9 Å². The molecule has 0 atom stereocenters. The summed E-state index contributed by atoms with van der Waals surface area (Å²) in [5.74, 6) is 0.0915. The van der Waals surface area contributed by atoms with Gasteiger partial charge in [-0.1, -0.05) is 54.6 Å². The van der Waals surface area contributed by atoms with E-state index < -0.39 is 0 Å². The Labute approximate surface area is 173 Å². The molecule has 29 heavy (non-hydrogen) atoms. The van der Waals surface area contributed by atoms with E-state index in [0.29, 0.717) is 6.42 Å². The van der Waals surface area contributed by atoms with Gasteiger partial charge in [0.05, 0.1) is 0 Å². The molecule has 1 saturated heterocycles. The molecule has 1 aliphatic rings. The molecular weight excluding hydrogens is 358 g/mol. The van der Waals surface area contributed by atoms with Crippen molar-refractivity contribution in [3.8, 4) is 0 Å². The lowest BCUT2D eigenvalue weighted by molar-refractivity contribution is -0.116. The van der Waals surface area contributed by atoms with Crippen molar-refractivity contribution in [1.82, 2.24) is 9.80 Å². The average Bonchev–Trinajstić information content (AvgIpc) is 2.74. The second kappa shape index (κ2) is 9.21. The number of amides is 1. The third-order valence-corrected chi connectivity index (χ3v) is 5.70. The van der Waals surface area contributed by atoms with Crippen molar-refractivity contribution in [2.45, 2.75) is 19.9 Å². The second-order valence-electron chi connectivity index (χ2n) is 7.92. The molecule has 0 aliphatic carbocycles. The first-order valence-corrected chi connectivity index (χ1v) is 10.5. The van der Waals surface area contributed by atoms with Crippen LogP contribution < -0.4 is 5.32 Å². The summed E-state index contributed by atoms with van der Waals surface area (Å²) in [6.45, 7) is 7.96. The van der Waals surface area contributed by atoms with Gasteiger partial charge in [0.15, 0.2) is 0 Å². The molecule has 4 nitrogen and oxygen atoms in total. The van der Waals surface area contributed by atoms with Crippen molar-refractivity contribution >= 4 is 22.4 Å². The molecule has 0 bridgehead atoms. The second-order valence-corrected chi connectivity index (χ2v) is 7.92. The number of benzene rings is 3. The maximum Gasteiger partial charge on any atom is 0.225 e. The average molecular weight is 388 g/mol. The third-order valence-electron chi connectivity index (χ3n) is 5.70. The maximum absolute atomic E-state index is 12.2. The summed E-state index contributed by atoms with van der Waals surface area (Å²) in [6, 6.07) is 23.1. The maximum atomic E-state index is 12.2. The fourth-order valence-electron chi connectivity index (χ4n) is 4.05. The van der Waals surface area contributed by atoms with E-state index in [2.05, 4.69) is 57.6 Å². The minimum absolute atomic E-state index is 0.0915. The highest BCUT2D eigenvalue weighted by Crippen LogP contribution is 2.20. The first-order chi connectivity index (χ1) is 14.2. The Morgan fingerprint density at radius 3 is 2.45 bits per heavy atom. The van der Waals surface area contributed by atoms with Crippen LogP contribution >= 0.6 is 0 Å². The number of nitrogens with one attached hydrogen (secondary N) is 1. The summed E-state index contributed by atoms with van der Waals surface area (Å²) >= 11 is 0. The summed E-state index contributed by atoms with van der Waals surface area (Å²) in [6.07, 6.45) is 0.539. The number of anilines is 1. The van der Waals surface area contributed by atoms with Crippen LogP contribution in [0.5, 0.6) is 0 Å². The minimum atomic E-state index is 0.0915. The topological polar surface area (TPSA) is 35.6 Å². The zero-order valence-corrected chi connectivity index (χ0v) is 17.1. The van der Waals surface area contributed by atoms with Gasteiger partial charge in [-0.2, -0.15) is 0 Å². The van der Waals surface area contributed by atoms with Crippen molar-refractivity contribution in [3.63, 3.8) is 0 Å². The molecule has 0 unspecified atom stereocenters. The number of carbonyl (C=O) groups excluding carboxylic acids is 1.